The molecule has 2 N–H and O–H groups in total. The van der Waals surface area contributed by atoms with E-state index in [9.17, 15) is 13.2 Å². The van der Waals surface area contributed by atoms with Crippen molar-refractivity contribution in [3.05, 3.63) is 0 Å². The third-order valence-electron chi connectivity index (χ3n) is 3.41. The Labute approximate surface area is 110 Å². The summed E-state index contributed by atoms with van der Waals surface area (Å²) in [5.41, 5.74) is 0.00172. The molecule has 1 aliphatic heterocycles. The summed E-state index contributed by atoms with van der Waals surface area (Å²) in [5.74, 6) is 0.139. The molecule has 1 fully saturated rings. The number of carbonyl (C=O) groups excluding carboxylic acids is 1. The van der Waals surface area contributed by atoms with E-state index in [0.717, 1.165) is 0 Å². The van der Waals surface area contributed by atoms with Crippen molar-refractivity contribution in [2.24, 2.45) is 5.41 Å². The number of hydrogen-bond donors (Lipinski definition) is 2. The Morgan fingerprint density at radius 2 is 2.06 bits per heavy atom. The molecule has 1 aliphatic rings. The molecule has 0 spiro atoms. The summed E-state index contributed by atoms with van der Waals surface area (Å²) >= 11 is 0. The molecule has 2 unspecified atom stereocenters. The van der Waals surface area contributed by atoms with E-state index in [4.69, 9.17) is 0 Å². The standard InChI is InChI=1S/C12H24N2O3S/c1-9(12(2,3)4)14-11(15)7-10-8-18(16,17)6-5-13-10/h9-10,13H,5-8H2,1-4H3,(H,14,15). The lowest BCUT2D eigenvalue weighted by molar-refractivity contribution is -0.122. The molecular formula is C12H24N2O3S. The summed E-state index contributed by atoms with van der Waals surface area (Å²) in [6.45, 7) is 8.57. The molecule has 0 aromatic rings. The molecule has 1 rings (SSSR count). The number of nitrogens with one attached hydrogen (secondary N) is 2. The number of carbonyl (C=O) groups is 1. The Morgan fingerprint density at radius 1 is 1.44 bits per heavy atom. The van der Waals surface area contributed by atoms with Gasteiger partial charge >= 0.3 is 0 Å². The van der Waals surface area contributed by atoms with Gasteiger partial charge in [0.2, 0.25) is 5.91 Å². The lowest BCUT2D eigenvalue weighted by Crippen LogP contribution is -2.49. The maximum absolute atomic E-state index is 11.8. The van der Waals surface area contributed by atoms with Crippen molar-refractivity contribution in [2.75, 3.05) is 18.1 Å². The molecule has 0 aliphatic carbocycles. The van der Waals surface area contributed by atoms with Gasteiger partial charge in [-0.3, -0.25) is 4.79 Å². The van der Waals surface area contributed by atoms with Gasteiger partial charge in [0.1, 0.15) is 0 Å². The Hall–Kier alpha value is -0.620. The first-order valence-electron chi connectivity index (χ1n) is 6.33. The van der Waals surface area contributed by atoms with Gasteiger partial charge in [0.15, 0.2) is 9.84 Å². The second-order valence-electron chi connectivity index (χ2n) is 6.12. The largest absolute Gasteiger partial charge is 0.353 e. The molecule has 1 saturated heterocycles. The van der Waals surface area contributed by atoms with Crippen LogP contribution in [0.25, 0.3) is 0 Å². The van der Waals surface area contributed by atoms with Gasteiger partial charge in [-0.1, -0.05) is 20.8 Å². The van der Waals surface area contributed by atoms with Crippen LogP contribution < -0.4 is 10.6 Å². The zero-order valence-corrected chi connectivity index (χ0v) is 12.4. The number of rotatable bonds is 3. The van der Waals surface area contributed by atoms with Crippen LogP contribution in [0.15, 0.2) is 0 Å². The predicted octanol–water partition coefficient (Wildman–Crippen LogP) is 0.314. The quantitative estimate of drug-likeness (QED) is 0.778. The maximum Gasteiger partial charge on any atom is 0.221 e. The summed E-state index contributed by atoms with van der Waals surface area (Å²) in [7, 11) is -2.98. The fourth-order valence-electron chi connectivity index (χ4n) is 1.74. The smallest absolute Gasteiger partial charge is 0.221 e. The van der Waals surface area contributed by atoms with Crippen LogP contribution in [0, 0.1) is 5.41 Å². The molecule has 18 heavy (non-hydrogen) atoms. The maximum atomic E-state index is 11.8. The van der Waals surface area contributed by atoms with Gasteiger partial charge in [-0.05, 0) is 12.3 Å². The van der Waals surface area contributed by atoms with Crippen molar-refractivity contribution >= 4 is 15.7 Å². The van der Waals surface area contributed by atoms with Crippen LogP contribution in [0.1, 0.15) is 34.1 Å². The van der Waals surface area contributed by atoms with Gasteiger partial charge < -0.3 is 10.6 Å². The molecule has 0 aromatic heterocycles. The van der Waals surface area contributed by atoms with Gasteiger partial charge in [0.05, 0.1) is 11.5 Å². The summed E-state index contributed by atoms with van der Waals surface area (Å²) in [4.78, 5) is 11.8. The van der Waals surface area contributed by atoms with Crippen molar-refractivity contribution in [1.29, 1.82) is 0 Å². The Balaban J connectivity index is 2.46. The van der Waals surface area contributed by atoms with E-state index in [-0.39, 0.29) is 41.3 Å². The third kappa shape index (κ3) is 4.94. The van der Waals surface area contributed by atoms with Crippen molar-refractivity contribution in [3.63, 3.8) is 0 Å². The molecular weight excluding hydrogens is 252 g/mol. The van der Waals surface area contributed by atoms with Crippen molar-refractivity contribution in [2.45, 2.75) is 46.2 Å². The highest BCUT2D eigenvalue weighted by molar-refractivity contribution is 7.91. The van der Waals surface area contributed by atoms with Crippen molar-refractivity contribution in [1.82, 2.24) is 10.6 Å². The van der Waals surface area contributed by atoms with Gasteiger partial charge in [-0.2, -0.15) is 0 Å². The lowest BCUT2D eigenvalue weighted by atomic mass is 9.88. The molecule has 0 radical (unpaired) electrons. The van der Waals surface area contributed by atoms with Gasteiger partial charge in [0.25, 0.3) is 0 Å². The SMILES string of the molecule is CC(NC(=O)CC1CS(=O)(=O)CCN1)C(C)(C)C. The average Bonchev–Trinajstić information content (AvgIpc) is 2.13. The first kappa shape index (κ1) is 15.4. The normalized spacial score (nSPS) is 25.4. The second-order valence-corrected chi connectivity index (χ2v) is 8.35. The minimum atomic E-state index is -2.98. The number of hydrogen-bond acceptors (Lipinski definition) is 4. The van der Waals surface area contributed by atoms with Crippen LogP contribution in [0.2, 0.25) is 0 Å². The predicted molar refractivity (Wildman–Crippen MR) is 72.1 cm³/mol. The van der Waals surface area contributed by atoms with E-state index >= 15 is 0 Å². The van der Waals surface area contributed by atoms with E-state index in [1.165, 1.54) is 0 Å². The van der Waals surface area contributed by atoms with E-state index in [0.29, 0.717) is 6.54 Å². The fourth-order valence-corrected chi connectivity index (χ4v) is 3.18. The fraction of sp³-hybridized carbons (Fsp3) is 0.917. The van der Waals surface area contributed by atoms with Crippen LogP contribution in [-0.2, 0) is 14.6 Å². The monoisotopic (exact) mass is 276 g/mol. The lowest BCUT2D eigenvalue weighted by Gasteiger charge is -2.29. The van der Waals surface area contributed by atoms with Crippen LogP contribution in [-0.4, -0.2) is 44.5 Å². The van der Waals surface area contributed by atoms with Crippen molar-refractivity contribution in [3.8, 4) is 0 Å². The van der Waals surface area contributed by atoms with Gasteiger partial charge in [-0.15, -0.1) is 0 Å². The molecule has 106 valence electrons. The molecule has 1 amide bonds. The first-order valence-corrected chi connectivity index (χ1v) is 8.15. The average molecular weight is 276 g/mol. The van der Waals surface area contributed by atoms with Crippen LogP contribution in [0.3, 0.4) is 0 Å². The van der Waals surface area contributed by atoms with Crippen molar-refractivity contribution < 1.29 is 13.2 Å². The third-order valence-corrected chi connectivity index (χ3v) is 5.15. The molecule has 1 heterocycles. The summed E-state index contributed by atoms with van der Waals surface area (Å²) < 4.78 is 22.9. The first-order chi connectivity index (χ1) is 8.10. The molecule has 2 atom stereocenters. The van der Waals surface area contributed by atoms with Crippen LogP contribution in [0.5, 0.6) is 0 Å². The van der Waals surface area contributed by atoms with Crippen LogP contribution in [0.4, 0.5) is 0 Å². The highest BCUT2D eigenvalue weighted by Gasteiger charge is 2.27. The number of amides is 1. The highest BCUT2D eigenvalue weighted by atomic mass is 32.2. The topological polar surface area (TPSA) is 75.3 Å². The summed E-state index contributed by atoms with van der Waals surface area (Å²) in [6, 6.07) is -0.193. The van der Waals surface area contributed by atoms with E-state index in [1.807, 2.05) is 6.92 Å². The van der Waals surface area contributed by atoms with Crippen LogP contribution >= 0.6 is 0 Å². The minimum absolute atomic E-state index is 0.00172. The number of sulfone groups is 1. The zero-order valence-electron chi connectivity index (χ0n) is 11.6. The molecule has 6 heteroatoms. The minimum Gasteiger partial charge on any atom is -0.353 e. The summed E-state index contributed by atoms with van der Waals surface area (Å²) in [5, 5.41) is 6.00. The Bertz CT molecular complexity index is 398. The molecule has 0 bridgehead atoms. The van der Waals surface area contributed by atoms with Gasteiger partial charge in [0, 0.05) is 25.0 Å². The van der Waals surface area contributed by atoms with Gasteiger partial charge in [-0.25, -0.2) is 8.42 Å². The zero-order chi connectivity index (χ0) is 14.0. The molecule has 5 nitrogen and oxygen atoms in total. The second kappa shape index (κ2) is 5.57. The molecule has 0 aromatic carbocycles. The van der Waals surface area contributed by atoms with E-state index in [2.05, 4.69) is 31.4 Å². The Morgan fingerprint density at radius 3 is 2.56 bits per heavy atom. The van der Waals surface area contributed by atoms with E-state index < -0.39 is 9.84 Å². The Kier molecular flexibility index (Phi) is 4.78. The van der Waals surface area contributed by atoms with E-state index in [1.54, 1.807) is 0 Å². The molecule has 0 saturated carbocycles. The summed E-state index contributed by atoms with van der Waals surface area (Å²) in [6.07, 6.45) is 0.222. The highest BCUT2D eigenvalue weighted by Crippen LogP contribution is 2.18.